The van der Waals surface area contributed by atoms with Crippen molar-refractivity contribution in [1.29, 1.82) is 0 Å². The van der Waals surface area contributed by atoms with E-state index in [1.54, 1.807) is 14.0 Å². The minimum absolute atomic E-state index is 0.00949. The second-order valence-electron chi connectivity index (χ2n) is 8.71. The lowest BCUT2D eigenvalue weighted by molar-refractivity contribution is -0.134. The molecule has 4 rings (SSSR count). The molecule has 30 heavy (non-hydrogen) atoms. The van der Waals surface area contributed by atoms with Gasteiger partial charge in [0.2, 0.25) is 5.91 Å². The Kier molecular flexibility index (Phi) is 6.58. The summed E-state index contributed by atoms with van der Waals surface area (Å²) < 4.78 is 5.40. The van der Waals surface area contributed by atoms with Crippen LogP contribution in [0.25, 0.3) is 0 Å². The second-order valence-corrected chi connectivity index (χ2v) is 8.71. The maximum absolute atomic E-state index is 12.8. The maximum atomic E-state index is 12.8. The Balaban J connectivity index is 1.24. The molecule has 1 aromatic carbocycles. The van der Waals surface area contributed by atoms with Gasteiger partial charge in [-0.25, -0.2) is 0 Å². The number of ketones is 1. The van der Waals surface area contributed by atoms with Gasteiger partial charge in [0.15, 0.2) is 5.78 Å². The van der Waals surface area contributed by atoms with Crippen LogP contribution in [0.5, 0.6) is 5.75 Å². The van der Waals surface area contributed by atoms with Crippen LogP contribution < -0.4 is 9.64 Å². The van der Waals surface area contributed by atoms with Gasteiger partial charge < -0.3 is 14.5 Å². The zero-order chi connectivity index (χ0) is 21.1. The minimum Gasteiger partial charge on any atom is -0.496 e. The van der Waals surface area contributed by atoms with Crippen LogP contribution in [-0.2, 0) is 4.79 Å². The molecule has 7 nitrogen and oxygen atoms in total. The van der Waals surface area contributed by atoms with Gasteiger partial charge in [-0.05, 0) is 31.9 Å². The number of carbonyl (C=O) groups excluding carboxylic acids is 2. The number of ether oxygens (including phenoxy) is 1. The standard InChI is InChI=1S/C23H34N4O3/c1-18(28)21-7-6-20(16-22(21)30-2)26-10-8-24(9-11-26)17-23(29)27-14-12-25(13-15-27)19-4-3-5-19/h6-7,16,19H,3-5,8-15,17H2,1-2H3. The van der Waals surface area contributed by atoms with Gasteiger partial charge in [0.05, 0.1) is 19.2 Å². The van der Waals surface area contributed by atoms with Crippen molar-refractivity contribution < 1.29 is 14.3 Å². The third-order valence-electron chi connectivity index (χ3n) is 6.92. The molecule has 0 atom stereocenters. The Morgan fingerprint density at radius 1 is 1.00 bits per heavy atom. The number of methoxy groups -OCH3 is 1. The van der Waals surface area contributed by atoms with Crippen molar-refractivity contribution in [2.45, 2.75) is 32.2 Å². The smallest absolute Gasteiger partial charge is 0.236 e. The van der Waals surface area contributed by atoms with Crippen LogP contribution in [0.1, 0.15) is 36.5 Å². The quantitative estimate of drug-likeness (QED) is 0.661. The number of rotatable bonds is 6. The summed E-state index contributed by atoms with van der Waals surface area (Å²) in [5, 5.41) is 0. The van der Waals surface area contributed by atoms with E-state index in [9.17, 15) is 9.59 Å². The van der Waals surface area contributed by atoms with Crippen molar-refractivity contribution in [3.63, 3.8) is 0 Å². The van der Waals surface area contributed by atoms with Crippen LogP contribution in [0.3, 0.4) is 0 Å². The molecule has 1 saturated carbocycles. The lowest BCUT2D eigenvalue weighted by Gasteiger charge is -2.43. The lowest BCUT2D eigenvalue weighted by Crippen LogP contribution is -2.56. The zero-order valence-corrected chi connectivity index (χ0v) is 18.3. The summed E-state index contributed by atoms with van der Waals surface area (Å²) in [4.78, 5) is 33.7. The molecule has 0 aromatic heterocycles. The van der Waals surface area contributed by atoms with Crippen molar-refractivity contribution >= 4 is 17.4 Å². The van der Waals surface area contributed by atoms with Crippen LogP contribution in [0, 0.1) is 0 Å². The number of Topliss-reactive ketones (excluding diaryl/α,β-unsaturated/α-hetero) is 1. The minimum atomic E-state index is 0.00949. The number of nitrogens with zero attached hydrogens (tertiary/aromatic N) is 4. The third-order valence-corrected chi connectivity index (χ3v) is 6.92. The molecule has 3 fully saturated rings. The van der Waals surface area contributed by atoms with Crippen molar-refractivity contribution in [3.8, 4) is 5.75 Å². The molecular formula is C23H34N4O3. The van der Waals surface area contributed by atoms with Crippen LogP contribution in [0.4, 0.5) is 5.69 Å². The Morgan fingerprint density at radius 2 is 1.70 bits per heavy atom. The topological polar surface area (TPSA) is 56.3 Å². The van der Waals surface area contributed by atoms with E-state index in [1.165, 1.54) is 19.3 Å². The highest BCUT2D eigenvalue weighted by molar-refractivity contribution is 5.97. The number of anilines is 1. The van der Waals surface area contributed by atoms with Crippen LogP contribution in [-0.4, -0.2) is 98.4 Å². The van der Waals surface area contributed by atoms with Crippen LogP contribution in [0.2, 0.25) is 0 Å². The molecular weight excluding hydrogens is 380 g/mol. The van der Waals surface area contributed by atoms with Crippen molar-refractivity contribution in [2.75, 3.05) is 70.9 Å². The lowest BCUT2D eigenvalue weighted by atomic mass is 9.91. The summed E-state index contributed by atoms with van der Waals surface area (Å²) in [5.74, 6) is 0.901. The largest absolute Gasteiger partial charge is 0.496 e. The third kappa shape index (κ3) is 4.62. The number of amides is 1. The highest BCUT2D eigenvalue weighted by Crippen LogP contribution is 2.27. The van der Waals surface area contributed by atoms with E-state index in [0.29, 0.717) is 17.9 Å². The van der Waals surface area contributed by atoms with Gasteiger partial charge in [0, 0.05) is 70.2 Å². The van der Waals surface area contributed by atoms with Crippen molar-refractivity contribution in [1.82, 2.24) is 14.7 Å². The predicted molar refractivity (Wildman–Crippen MR) is 117 cm³/mol. The molecule has 2 saturated heterocycles. The fourth-order valence-electron chi connectivity index (χ4n) is 4.71. The summed E-state index contributed by atoms with van der Waals surface area (Å²) in [6, 6.07) is 6.55. The van der Waals surface area contributed by atoms with E-state index in [2.05, 4.69) is 14.7 Å². The summed E-state index contributed by atoms with van der Waals surface area (Å²) in [6.07, 6.45) is 4.03. The van der Waals surface area contributed by atoms with Gasteiger partial charge in [0.25, 0.3) is 0 Å². The Bertz CT molecular complexity index is 764. The van der Waals surface area contributed by atoms with E-state index in [1.807, 2.05) is 23.1 Å². The molecule has 0 spiro atoms. The van der Waals surface area contributed by atoms with E-state index < -0.39 is 0 Å². The molecule has 2 aliphatic heterocycles. The Morgan fingerprint density at radius 3 is 2.27 bits per heavy atom. The van der Waals surface area contributed by atoms with E-state index >= 15 is 0 Å². The number of piperazine rings is 2. The number of hydrogen-bond donors (Lipinski definition) is 0. The molecule has 164 valence electrons. The average Bonchev–Trinajstić information content (AvgIpc) is 2.73. The highest BCUT2D eigenvalue weighted by Gasteiger charge is 2.30. The fraction of sp³-hybridized carbons (Fsp3) is 0.652. The summed E-state index contributed by atoms with van der Waals surface area (Å²) in [7, 11) is 1.60. The van der Waals surface area contributed by atoms with Crippen LogP contribution in [0.15, 0.2) is 18.2 Å². The summed E-state index contributed by atoms with van der Waals surface area (Å²) >= 11 is 0. The molecule has 0 unspecified atom stereocenters. The van der Waals surface area contributed by atoms with Gasteiger partial charge in [-0.2, -0.15) is 0 Å². The first-order chi connectivity index (χ1) is 14.5. The van der Waals surface area contributed by atoms with Gasteiger partial charge >= 0.3 is 0 Å². The van der Waals surface area contributed by atoms with E-state index in [-0.39, 0.29) is 11.7 Å². The van der Waals surface area contributed by atoms with Gasteiger partial charge in [0.1, 0.15) is 5.75 Å². The predicted octanol–water partition coefficient (Wildman–Crippen LogP) is 1.72. The SMILES string of the molecule is COc1cc(N2CCN(CC(=O)N3CCN(C4CCC4)CC3)CC2)ccc1C(C)=O. The van der Waals surface area contributed by atoms with Crippen LogP contribution >= 0.6 is 0 Å². The monoisotopic (exact) mass is 414 g/mol. The molecule has 0 bridgehead atoms. The molecule has 3 aliphatic rings. The molecule has 7 heteroatoms. The van der Waals surface area contributed by atoms with Crippen molar-refractivity contribution in [2.24, 2.45) is 0 Å². The fourth-order valence-corrected chi connectivity index (χ4v) is 4.71. The van der Waals surface area contributed by atoms with Gasteiger partial charge in [-0.1, -0.05) is 6.42 Å². The first-order valence-corrected chi connectivity index (χ1v) is 11.2. The number of hydrogen-bond acceptors (Lipinski definition) is 6. The highest BCUT2D eigenvalue weighted by atomic mass is 16.5. The number of carbonyl (C=O) groups is 2. The Hall–Kier alpha value is -2.12. The second kappa shape index (κ2) is 9.35. The molecule has 0 radical (unpaired) electrons. The molecule has 1 aromatic rings. The van der Waals surface area contributed by atoms with Gasteiger partial charge in [-0.3, -0.25) is 19.4 Å². The first kappa shape index (κ1) is 21.1. The normalized spacial score (nSPS) is 21.4. The number of benzene rings is 1. The van der Waals surface area contributed by atoms with E-state index in [0.717, 1.165) is 64.1 Å². The van der Waals surface area contributed by atoms with Gasteiger partial charge in [-0.15, -0.1) is 0 Å². The zero-order valence-electron chi connectivity index (χ0n) is 18.3. The van der Waals surface area contributed by atoms with Crippen molar-refractivity contribution in [3.05, 3.63) is 23.8 Å². The molecule has 1 aliphatic carbocycles. The molecule has 1 amide bonds. The molecule has 0 N–H and O–H groups in total. The summed E-state index contributed by atoms with van der Waals surface area (Å²) in [5.41, 5.74) is 1.68. The van der Waals surface area contributed by atoms with E-state index in [4.69, 9.17) is 4.74 Å². The Labute approximate surface area is 179 Å². The average molecular weight is 415 g/mol. The molecule has 2 heterocycles. The maximum Gasteiger partial charge on any atom is 0.236 e. The first-order valence-electron chi connectivity index (χ1n) is 11.2. The summed E-state index contributed by atoms with van der Waals surface area (Å²) in [6.45, 7) is 9.34.